The number of hydrogen-bond donors (Lipinski definition) is 0. The summed E-state index contributed by atoms with van der Waals surface area (Å²) in [6, 6.07) is 10.5. The van der Waals surface area contributed by atoms with Crippen LogP contribution in [0.25, 0.3) is 0 Å². The quantitative estimate of drug-likeness (QED) is 0.729. The summed E-state index contributed by atoms with van der Waals surface area (Å²) in [6.45, 7) is 4.37. The monoisotopic (exact) mass is 381 g/mol. The summed E-state index contributed by atoms with van der Waals surface area (Å²) in [6.07, 6.45) is 1.79. The van der Waals surface area contributed by atoms with Gasteiger partial charge in [-0.2, -0.15) is 0 Å². The van der Waals surface area contributed by atoms with Crippen molar-refractivity contribution in [3.05, 3.63) is 30.3 Å². The second-order valence-electron chi connectivity index (χ2n) is 7.09. The number of benzene rings is 1. The molecular weight excluding hydrogens is 357 g/mol. The van der Waals surface area contributed by atoms with Crippen molar-refractivity contribution < 1.29 is 14.3 Å². The third-order valence-electron chi connectivity index (χ3n) is 5.55. The van der Waals surface area contributed by atoms with Crippen molar-refractivity contribution in [2.45, 2.75) is 29.9 Å². The molecule has 0 N–H and O–H groups in total. The number of likely N-dealkylation sites (tertiary alicyclic amines) is 1. The van der Waals surface area contributed by atoms with Gasteiger partial charge < -0.3 is 0 Å². The van der Waals surface area contributed by atoms with Crippen LogP contribution in [0.5, 0.6) is 0 Å². The number of hydrogen-bond acceptors (Lipinski definition) is 3. The van der Waals surface area contributed by atoms with Crippen LogP contribution in [0.4, 0.5) is 0 Å². The number of nitrogens with zero attached hydrogens (tertiary/aromatic N) is 1. The molecule has 0 bridgehead atoms. The Balaban J connectivity index is 1.66. The second-order valence-corrected chi connectivity index (χ2v) is 10.3. The van der Waals surface area contributed by atoms with Gasteiger partial charge in [-0.15, -0.1) is 0 Å². The fourth-order valence-electron chi connectivity index (χ4n) is 4.52. The molecule has 3 aliphatic rings. The summed E-state index contributed by atoms with van der Waals surface area (Å²) in [5.41, 5.74) is 0. The second kappa shape index (κ2) is 5.59. The first-order valence-corrected chi connectivity index (χ1v) is 10.0. The minimum atomic E-state index is -0.422. The first-order valence-electron chi connectivity index (χ1n) is 8.30. The molecule has 23 heavy (non-hydrogen) atoms. The van der Waals surface area contributed by atoms with E-state index in [0.717, 1.165) is 19.4 Å². The SMILES string of the molecule is CN1C[C@H]2CC3(C[C@H]2[C@](C)([Se]c2ccccc2)C1=O)OCCO3. The van der Waals surface area contributed by atoms with Crippen LogP contribution < -0.4 is 4.46 Å². The number of carbonyl (C=O) groups is 1. The molecular formula is C18H23NO3Se. The van der Waals surface area contributed by atoms with Crippen LogP contribution in [0.2, 0.25) is 4.31 Å². The van der Waals surface area contributed by atoms with Crippen molar-refractivity contribution >= 4 is 25.3 Å². The third-order valence-corrected chi connectivity index (χ3v) is 8.50. The molecule has 124 valence electrons. The number of piperidine rings is 1. The normalized spacial score (nSPS) is 35.7. The number of rotatable bonds is 2. The maximum atomic E-state index is 13.1. The van der Waals surface area contributed by atoms with Gasteiger partial charge in [0, 0.05) is 0 Å². The van der Waals surface area contributed by atoms with Gasteiger partial charge >= 0.3 is 143 Å². The molecule has 1 aromatic rings. The summed E-state index contributed by atoms with van der Waals surface area (Å²) < 4.78 is 12.9. The molecule has 1 saturated carbocycles. The van der Waals surface area contributed by atoms with Crippen molar-refractivity contribution in [3.8, 4) is 0 Å². The van der Waals surface area contributed by atoms with Gasteiger partial charge in [-0.05, 0) is 0 Å². The number of carbonyl (C=O) groups excluding carboxylic acids is 1. The van der Waals surface area contributed by atoms with E-state index in [0.29, 0.717) is 25.0 Å². The fraction of sp³-hybridized carbons (Fsp3) is 0.611. The van der Waals surface area contributed by atoms with Gasteiger partial charge in [0.2, 0.25) is 0 Å². The summed E-state index contributed by atoms with van der Waals surface area (Å²) in [7, 11) is 1.94. The molecule has 0 aromatic heterocycles. The Bertz CT molecular complexity index is 602. The van der Waals surface area contributed by atoms with Gasteiger partial charge in [-0.3, -0.25) is 0 Å². The fourth-order valence-corrected chi connectivity index (χ4v) is 7.57. The van der Waals surface area contributed by atoms with Crippen LogP contribution in [0.3, 0.4) is 0 Å². The van der Waals surface area contributed by atoms with Crippen molar-refractivity contribution in [3.63, 3.8) is 0 Å². The van der Waals surface area contributed by atoms with Gasteiger partial charge in [-0.25, -0.2) is 0 Å². The molecule has 3 fully saturated rings. The van der Waals surface area contributed by atoms with Crippen molar-refractivity contribution in [1.29, 1.82) is 0 Å². The molecule has 4 nitrogen and oxygen atoms in total. The Morgan fingerprint density at radius 3 is 2.57 bits per heavy atom. The Morgan fingerprint density at radius 2 is 1.87 bits per heavy atom. The Morgan fingerprint density at radius 1 is 1.17 bits per heavy atom. The average molecular weight is 380 g/mol. The molecule has 2 saturated heterocycles. The minimum absolute atomic E-state index is 0.104. The summed E-state index contributed by atoms with van der Waals surface area (Å²) in [5, 5.41) is 0. The van der Waals surface area contributed by atoms with E-state index in [4.69, 9.17) is 9.47 Å². The van der Waals surface area contributed by atoms with E-state index >= 15 is 0 Å². The molecule has 4 rings (SSSR count). The van der Waals surface area contributed by atoms with Crippen LogP contribution in [0.1, 0.15) is 19.8 Å². The summed E-state index contributed by atoms with van der Waals surface area (Å²) >= 11 is 0.104. The molecule has 1 spiro atoms. The molecule has 0 unspecified atom stereocenters. The van der Waals surface area contributed by atoms with Gasteiger partial charge in [0.1, 0.15) is 0 Å². The van der Waals surface area contributed by atoms with E-state index in [2.05, 4.69) is 31.2 Å². The average Bonchev–Trinajstić information content (AvgIpc) is 3.14. The van der Waals surface area contributed by atoms with E-state index in [9.17, 15) is 4.79 Å². The number of ether oxygens (including phenoxy) is 2. The predicted octanol–water partition coefficient (Wildman–Crippen LogP) is 1.44. The van der Waals surface area contributed by atoms with E-state index in [1.54, 1.807) is 0 Å². The summed E-state index contributed by atoms with van der Waals surface area (Å²) in [5.74, 6) is 0.697. The number of amides is 1. The van der Waals surface area contributed by atoms with E-state index in [1.165, 1.54) is 4.46 Å². The standard InChI is InChI=1S/C18H23NO3Se/c1-17(23-14-6-4-3-5-7-14)15-11-18(21-8-9-22-18)10-13(15)12-19(2)16(17)20/h3-7,13,15H,8-12H2,1-2H3/t13-,15-,17+/m1/s1. The van der Waals surface area contributed by atoms with E-state index in [-0.39, 0.29) is 25.2 Å². The van der Waals surface area contributed by atoms with E-state index < -0.39 is 5.79 Å². The molecule has 0 radical (unpaired) electrons. The molecule has 3 atom stereocenters. The Kier molecular flexibility index (Phi) is 3.80. The molecule has 2 heterocycles. The molecule has 5 heteroatoms. The van der Waals surface area contributed by atoms with Crippen molar-refractivity contribution in [2.75, 3.05) is 26.8 Å². The predicted molar refractivity (Wildman–Crippen MR) is 88.7 cm³/mol. The number of fused-ring (bicyclic) bond motifs is 1. The Labute approximate surface area is 143 Å². The van der Waals surface area contributed by atoms with Crippen molar-refractivity contribution in [1.82, 2.24) is 4.90 Å². The van der Waals surface area contributed by atoms with Crippen LogP contribution in [-0.2, 0) is 14.3 Å². The summed E-state index contributed by atoms with van der Waals surface area (Å²) in [4.78, 5) is 15.0. The van der Waals surface area contributed by atoms with Crippen LogP contribution >= 0.6 is 0 Å². The first-order chi connectivity index (χ1) is 11.0. The topological polar surface area (TPSA) is 38.8 Å². The third kappa shape index (κ3) is 2.54. The van der Waals surface area contributed by atoms with Crippen molar-refractivity contribution in [2.24, 2.45) is 11.8 Å². The zero-order valence-electron chi connectivity index (χ0n) is 13.7. The van der Waals surface area contributed by atoms with Crippen LogP contribution in [-0.4, -0.2) is 58.4 Å². The molecule has 1 aromatic carbocycles. The zero-order chi connectivity index (χ0) is 16.1. The van der Waals surface area contributed by atoms with Gasteiger partial charge in [0.05, 0.1) is 0 Å². The van der Waals surface area contributed by atoms with Crippen LogP contribution in [0, 0.1) is 11.8 Å². The maximum absolute atomic E-state index is 13.1. The van der Waals surface area contributed by atoms with Gasteiger partial charge in [0.15, 0.2) is 0 Å². The van der Waals surface area contributed by atoms with Gasteiger partial charge in [-0.1, -0.05) is 0 Å². The van der Waals surface area contributed by atoms with Crippen LogP contribution in [0.15, 0.2) is 30.3 Å². The van der Waals surface area contributed by atoms with Gasteiger partial charge in [0.25, 0.3) is 0 Å². The Hall–Kier alpha value is -0.871. The zero-order valence-corrected chi connectivity index (χ0v) is 15.4. The first kappa shape index (κ1) is 15.6. The molecule has 2 aliphatic heterocycles. The van der Waals surface area contributed by atoms with E-state index in [1.807, 2.05) is 18.0 Å². The molecule has 1 amide bonds. The molecule has 1 aliphatic carbocycles.